The Labute approximate surface area is 120 Å². The predicted octanol–water partition coefficient (Wildman–Crippen LogP) is 2.19. The number of methoxy groups -OCH3 is 2. The summed E-state index contributed by atoms with van der Waals surface area (Å²) in [5.74, 6) is -0.646. The van der Waals surface area contributed by atoms with E-state index in [-0.39, 0.29) is 11.5 Å². The van der Waals surface area contributed by atoms with Crippen molar-refractivity contribution in [2.45, 2.75) is 6.92 Å². The average Bonchev–Trinajstić information content (AvgIpc) is 2.46. The van der Waals surface area contributed by atoms with E-state index in [1.54, 1.807) is 13.0 Å². The molecule has 0 bridgehead atoms. The molecular formula is C14H14FN3O3. The van der Waals surface area contributed by atoms with Crippen LogP contribution in [0.2, 0.25) is 0 Å². The van der Waals surface area contributed by atoms with Gasteiger partial charge in [-0.05, 0) is 19.1 Å². The Bertz CT molecular complexity index is 677. The zero-order valence-electron chi connectivity index (χ0n) is 11.8. The first-order chi connectivity index (χ1) is 10.0. The number of aromatic nitrogens is 2. The van der Waals surface area contributed by atoms with Crippen LogP contribution in [0.5, 0.6) is 11.6 Å². The molecule has 0 radical (unpaired) electrons. The normalized spacial score (nSPS) is 10.1. The molecule has 21 heavy (non-hydrogen) atoms. The second-order valence-electron chi connectivity index (χ2n) is 4.18. The van der Waals surface area contributed by atoms with Crippen LogP contribution in [0.1, 0.15) is 16.1 Å². The average molecular weight is 291 g/mol. The Morgan fingerprint density at radius 2 is 1.95 bits per heavy atom. The molecule has 1 aromatic heterocycles. The van der Waals surface area contributed by atoms with Gasteiger partial charge in [-0.15, -0.1) is 0 Å². The maximum Gasteiger partial charge on any atom is 0.260 e. The van der Waals surface area contributed by atoms with Crippen LogP contribution in [-0.4, -0.2) is 30.1 Å². The van der Waals surface area contributed by atoms with Crippen LogP contribution in [0.25, 0.3) is 0 Å². The van der Waals surface area contributed by atoms with E-state index in [1.165, 1.54) is 26.4 Å². The number of carbonyl (C=O) groups excluding carboxylic acids is 1. The van der Waals surface area contributed by atoms with Crippen LogP contribution in [-0.2, 0) is 0 Å². The van der Waals surface area contributed by atoms with Gasteiger partial charge in [0.05, 0.1) is 19.8 Å². The number of ether oxygens (including phenoxy) is 2. The number of nitrogens with zero attached hydrogens (tertiary/aromatic N) is 2. The number of rotatable bonds is 4. The Kier molecular flexibility index (Phi) is 4.32. The van der Waals surface area contributed by atoms with Crippen LogP contribution in [0.4, 0.5) is 10.3 Å². The molecule has 0 aliphatic carbocycles. The van der Waals surface area contributed by atoms with E-state index < -0.39 is 11.7 Å². The lowest BCUT2D eigenvalue weighted by Crippen LogP contribution is -2.16. The molecule has 0 aliphatic rings. The van der Waals surface area contributed by atoms with Crippen molar-refractivity contribution in [3.05, 3.63) is 41.3 Å². The molecule has 1 N–H and O–H groups in total. The third kappa shape index (κ3) is 3.44. The Hall–Kier alpha value is -2.70. The SMILES string of the molecule is COc1ccc(C(=O)Nc2nc(C)cc(OC)n2)c(F)c1. The van der Waals surface area contributed by atoms with E-state index in [1.807, 2.05) is 0 Å². The standard InChI is InChI=1S/C14H14FN3O3/c1-8-6-12(21-3)17-14(16-8)18-13(19)10-5-4-9(20-2)7-11(10)15/h4-7H,1-3H3,(H,16,17,18,19). The molecule has 2 aromatic rings. The fourth-order valence-electron chi connectivity index (χ4n) is 1.68. The quantitative estimate of drug-likeness (QED) is 0.934. The molecule has 110 valence electrons. The van der Waals surface area contributed by atoms with E-state index in [4.69, 9.17) is 9.47 Å². The summed E-state index contributed by atoms with van der Waals surface area (Å²) in [5.41, 5.74) is 0.493. The number of halogens is 1. The highest BCUT2D eigenvalue weighted by molar-refractivity contribution is 6.03. The summed E-state index contributed by atoms with van der Waals surface area (Å²) in [7, 11) is 2.87. The first-order valence-corrected chi connectivity index (χ1v) is 6.08. The molecule has 0 saturated carbocycles. The monoisotopic (exact) mass is 291 g/mol. The lowest BCUT2D eigenvalue weighted by atomic mass is 10.2. The van der Waals surface area contributed by atoms with Gasteiger partial charge >= 0.3 is 0 Å². The fourth-order valence-corrected chi connectivity index (χ4v) is 1.68. The molecule has 0 atom stereocenters. The van der Waals surface area contributed by atoms with Gasteiger partial charge in [-0.1, -0.05) is 0 Å². The van der Waals surface area contributed by atoms with Crippen molar-refractivity contribution in [3.8, 4) is 11.6 Å². The van der Waals surface area contributed by atoms with Crippen molar-refractivity contribution in [2.24, 2.45) is 0 Å². The molecule has 0 spiro atoms. The largest absolute Gasteiger partial charge is 0.497 e. The Morgan fingerprint density at radius 3 is 2.57 bits per heavy atom. The lowest BCUT2D eigenvalue weighted by Gasteiger charge is -2.08. The predicted molar refractivity (Wildman–Crippen MR) is 74.2 cm³/mol. The zero-order valence-corrected chi connectivity index (χ0v) is 11.8. The van der Waals surface area contributed by atoms with Crippen molar-refractivity contribution in [2.75, 3.05) is 19.5 Å². The highest BCUT2D eigenvalue weighted by atomic mass is 19.1. The number of amides is 1. The zero-order chi connectivity index (χ0) is 15.4. The fraction of sp³-hybridized carbons (Fsp3) is 0.214. The summed E-state index contributed by atoms with van der Waals surface area (Å²) in [5, 5.41) is 2.43. The molecule has 0 unspecified atom stereocenters. The van der Waals surface area contributed by atoms with E-state index >= 15 is 0 Å². The third-order valence-electron chi connectivity index (χ3n) is 2.69. The van der Waals surface area contributed by atoms with Crippen molar-refractivity contribution in [1.29, 1.82) is 0 Å². The third-order valence-corrected chi connectivity index (χ3v) is 2.69. The van der Waals surface area contributed by atoms with Gasteiger partial charge < -0.3 is 9.47 Å². The highest BCUT2D eigenvalue weighted by Crippen LogP contribution is 2.18. The van der Waals surface area contributed by atoms with E-state index in [0.29, 0.717) is 17.3 Å². The summed E-state index contributed by atoms with van der Waals surface area (Å²) in [6, 6.07) is 5.57. The van der Waals surface area contributed by atoms with Crippen LogP contribution in [0, 0.1) is 12.7 Å². The van der Waals surface area contributed by atoms with Gasteiger partial charge in [0.25, 0.3) is 5.91 Å². The van der Waals surface area contributed by atoms with Gasteiger partial charge in [-0.25, -0.2) is 9.37 Å². The van der Waals surface area contributed by atoms with Gasteiger partial charge in [-0.3, -0.25) is 10.1 Å². The molecule has 1 amide bonds. The number of hydrogen-bond acceptors (Lipinski definition) is 5. The minimum absolute atomic E-state index is 0.0482. The first kappa shape index (κ1) is 14.7. The molecule has 0 fully saturated rings. The number of hydrogen-bond donors (Lipinski definition) is 1. The van der Waals surface area contributed by atoms with Gasteiger partial charge in [0.15, 0.2) is 0 Å². The van der Waals surface area contributed by atoms with Crippen LogP contribution >= 0.6 is 0 Å². The first-order valence-electron chi connectivity index (χ1n) is 6.08. The summed E-state index contributed by atoms with van der Waals surface area (Å²) in [4.78, 5) is 20.0. The Balaban J connectivity index is 2.23. The molecule has 1 heterocycles. The molecular weight excluding hydrogens is 277 g/mol. The number of aryl methyl sites for hydroxylation is 1. The number of anilines is 1. The Morgan fingerprint density at radius 1 is 1.19 bits per heavy atom. The van der Waals surface area contributed by atoms with Gasteiger partial charge in [-0.2, -0.15) is 4.98 Å². The van der Waals surface area contributed by atoms with Gasteiger partial charge in [0, 0.05) is 17.8 Å². The van der Waals surface area contributed by atoms with Gasteiger partial charge in [0.1, 0.15) is 11.6 Å². The van der Waals surface area contributed by atoms with Crippen molar-refractivity contribution in [3.63, 3.8) is 0 Å². The summed E-state index contributed by atoms with van der Waals surface area (Å²) < 4.78 is 23.7. The second kappa shape index (κ2) is 6.17. The summed E-state index contributed by atoms with van der Waals surface area (Å²) >= 11 is 0. The molecule has 0 aliphatic heterocycles. The molecule has 6 nitrogen and oxygen atoms in total. The van der Waals surface area contributed by atoms with Crippen molar-refractivity contribution in [1.82, 2.24) is 9.97 Å². The highest BCUT2D eigenvalue weighted by Gasteiger charge is 2.14. The van der Waals surface area contributed by atoms with E-state index in [2.05, 4.69) is 15.3 Å². The summed E-state index contributed by atoms with van der Waals surface area (Å²) in [6.45, 7) is 1.73. The van der Waals surface area contributed by atoms with Crippen molar-refractivity contribution >= 4 is 11.9 Å². The molecule has 2 rings (SSSR count). The van der Waals surface area contributed by atoms with Gasteiger partial charge in [0.2, 0.25) is 11.8 Å². The lowest BCUT2D eigenvalue weighted by molar-refractivity contribution is 0.102. The van der Waals surface area contributed by atoms with Crippen molar-refractivity contribution < 1.29 is 18.7 Å². The molecule has 7 heteroatoms. The van der Waals surface area contributed by atoms with Crippen LogP contribution in [0.15, 0.2) is 24.3 Å². The smallest absolute Gasteiger partial charge is 0.260 e. The maximum atomic E-state index is 13.8. The van der Waals surface area contributed by atoms with E-state index in [0.717, 1.165) is 6.07 Å². The maximum absolute atomic E-state index is 13.8. The second-order valence-corrected chi connectivity index (χ2v) is 4.18. The molecule has 0 saturated heterocycles. The topological polar surface area (TPSA) is 73.3 Å². The number of benzene rings is 1. The number of nitrogens with one attached hydrogen (secondary N) is 1. The summed E-state index contributed by atoms with van der Waals surface area (Å²) in [6.07, 6.45) is 0. The van der Waals surface area contributed by atoms with Crippen LogP contribution in [0.3, 0.4) is 0 Å². The van der Waals surface area contributed by atoms with Crippen LogP contribution < -0.4 is 14.8 Å². The van der Waals surface area contributed by atoms with E-state index in [9.17, 15) is 9.18 Å². The molecule has 1 aromatic carbocycles. The minimum Gasteiger partial charge on any atom is -0.497 e. The minimum atomic E-state index is -0.688. The number of carbonyl (C=O) groups is 1.